The second-order valence-electron chi connectivity index (χ2n) is 5.79. The van der Waals surface area contributed by atoms with Crippen LogP contribution < -0.4 is 16.0 Å². The molecule has 0 saturated heterocycles. The van der Waals surface area contributed by atoms with Crippen LogP contribution in [0, 0.1) is 0 Å². The Morgan fingerprint density at radius 2 is 1.83 bits per heavy atom. The van der Waals surface area contributed by atoms with E-state index in [4.69, 9.17) is 0 Å². The number of thiazole rings is 1. The summed E-state index contributed by atoms with van der Waals surface area (Å²) in [4.78, 5) is 27.9. The van der Waals surface area contributed by atoms with E-state index in [1.54, 1.807) is 18.3 Å². The van der Waals surface area contributed by atoms with Crippen molar-refractivity contribution in [2.45, 2.75) is 39.3 Å². The Labute approximate surface area is 145 Å². The lowest BCUT2D eigenvalue weighted by atomic mass is 10.1. The molecule has 0 radical (unpaired) electrons. The summed E-state index contributed by atoms with van der Waals surface area (Å²) in [7, 11) is 0. The highest BCUT2D eigenvalue weighted by molar-refractivity contribution is 7.09. The van der Waals surface area contributed by atoms with Gasteiger partial charge in [0, 0.05) is 23.3 Å². The number of benzene rings is 1. The van der Waals surface area contributed by atoms with E-state index in [0.717, 1.165) is 10.6 Å². The number of hydrogen-bond donors (Lipinski definition) is 3. The molecule has 24 heavy (non-hydrogen) atoms. The maximum Gasteiger partial charge on any atom is 0.319 e. The molecule has 0 aliphatic carbocycles. The van der Waals surface area contributed by atoms with E-state index >= 15 is 0 Å². The average Bonchev–Trinajstić information content (AvgIpc) is 3.02. The van der Waals surface area contributed by atoms with Crippen LogP contribution in [0.2, 0.25) is 0 Å². The molecule has 0 aliphatic heterocycles. The van der Waals surface area contributed by atoms with Crippen molar-refractivity contribution in [3.63, 3.8) is 0 Å². The van der Waals surface area contributed by atoms with E-state index in [1.807, 2.05) is 38.3 Å². The summed E-state index contributed by atoms with van der Waals surface area (Å²) in [6.45, 7) is 5.74. The van der Waals surface area contributed by atoms with Crippen LogP contribution in [-0.4, -0.2) is 23.0 Å². The monoisotopic (exact) mass is 346 g/mol. The first kappa shape index (κ1) is 17.9. The summed E-state index contributed by atoms with van der Waals surface area (Å²) in [5.41, 5.74) is 1.57. The maximum atomic E-state index is 12.0. The molecular formula is C17H22N4O2S. The molecule has 3 N–H and O–H groups in total. The molecule has 1 aromatic heterocycles. The minimum Gasteiger partial charge on any atom is -0.354 e. The lowest BCUT2D eigenvalue weighted by molar-refractivity contribution is -0.120. The lowest BCUT2D eigenvalue weighted by Crippen LogP contribution is -2.31. The molecule has 0 unspecified atom stereocenters. The molecule has 0 fully saturated rings. The van der Waals surface area contributed by atoms with Gasteiger partial charge in [-0.25, -0.2) is 9.78 Å². The van der Waals surface area contributed by atoms with Crippen LogP contribution in [-0.2, 0) is 11.2 Å². The van der Waals surface area contributed by atoms with Gasteiger partial charge in [0.05, 0.1) is 12.5 Å². The van der Waals surface area contributed by atoms with Crippen molar-refractivity contribution < 1.29 is 9.59 Å². The molecule has 0 spiro atoms. The second-order valence-corrected chi connectivity index (χ2v) is 6.71. The smallest absolute Gasteiger partial charge is 0.319 e. The largest absolute Gasteiger partial charge is 0.354 e. The summed E-state index contributed by atoms with van der Waals surface area (Å²) < 4.78 is 0. The van der Waals surface area contributed by atoms with Gasteiger partial charge in [0.25, 0.3) is 0 Å². The summed E-state index contributed by atoms with van der Waals surface area (Å²) in [6, 6.07) is 6.92. The van der Waals surface area contributed by atoms with Gasteiger partial charge in [0.1, 0.15) is 5.01 Å². The van der Waals surface area contributed by atoms with Crippen molar-refractivity contribution in [1.82, 2.24) is 15.6 Å². The van der Waals surface area contributed by atoms with Gasteiger partial charge in [-0.3, -0.25) is 4.79 Å². The lowest BCUT2D eigenvalue weighted by Gasteiger charge is -2.13. The van der Waals surface area contributed by atoms with Gasteiger partial charge in [-0.05, 0) is 38.5 Å². The van der Waals surface area contributed by atoms with E-state index in [-0.39, 0.29) is 24.0 Å². The normalized spacial score (nSPS) is 11.8. The number of anilines is 1. The summed E-state index contributed by atoms with van der Waals surface area (Å²) in [5, 5.41) is 11.2. The Hall–Kier alpha value is -2.41. The highest BCUT2D eigenvalue weighted by Crippen LogP contribution is 2.15. The Kier molecular flexibility index (Phi) is 6.31. The van der Waals surface area contributed by atoms with Crippen molar-refractivity contribution >= 4 is 29.0 Å². The molecule has 1 atom stereocenters. The first-order valence-corrected chi connectivity index (χ1v) is 8.67. The van der Waals surface area contributed by atoms with Gasteiger partial charge < -0.3 is 16.0 Å². The van der Waals surface area contributed by atoms with E-state index in [9.17, 15) is 9.59 Å². The van der Waals surface area contributed by atoms with Gasteiger partial charge in [-0.2, -0.15) is 0 Å². The SMILES string of the molecule is CC(C)NC(=O)Cc1ccc(NC(=O)N[C@@H](C)c2nccs2)cc1. The third-order valence-corrected chi connectivity index (χ3v) is 4.15. The Morgan fingerprint density at radius 1 is 1.12 bits per heavy atom. The minimum absolute atomic E-state index is 0.0132. The van der Waals surface area contributed by atoms with Crippen molar-refractivity contribution in [2.75, 3.05) is 5.32 Å². The molecule has 0 bridgehead atoms. The number of rotatable bonds is 6. The van der Waals surface area contributed by atoms with Gasteiger partial charge in [-0.15, -0.1) is 11.3 Å². The molecule has 7 heteroatoms. The Bertz CT molecular complexity index is 668. The number of aromatic nitrogens is 1. The predicted octanol–water partition coefficient (Wildman–Crippen LogP) is 3.09. The van der Waals surface area contributed by atoms with Crippen LogP contribution in [0.1, 0.15) is 37.4 Å². The fourth-order valence-electron chi connectivity index (χ4n) is 2.14. The molecule has 1 aromatic carbocycles. The zero-order chi connectivity index (χ0) is 17.5. The quantitative estimate of drug-likeness (QED) is 0.751. The topological polar surface area (TPSA) is 83.1 Å². The molecule has 1 heterocycles. The van der Waals surface area contributed by atoms with Crippen LogP contribution >= 0.6 is 11.3 Å². The zero-order valence-electron chi connectivity index (χ0n) is 14.0. The Morgan fingerprint density at radius 3 is 2.42 bits per heavy atom. The third kappa shape index (κ3) is 5.66. The standard InChI is InChI=1S/C17H22N4O2S/c1-11(2)19-15(22)10-13-4-6-14(7-5-13)21-17(23)20-12(3)16-18-8-9-24-16/h4-9,11-12H,10H2,1-3H3,(H,19,22)(H2,20,21,23)/t12-/m0/s1. The first-order valence-electron chi connectivity index (χ1n) is 7.79. The first-order chi connectivity index (χ1) is 11.4. The molecular weight excluding hydrogens is 324 g/mol. The van der Waals surface area contributed by atoms with E-state index in [0.29, 0.717) is 12.1 Å². The van der Waals surface area contributed by atoms with Crippen LogP contribution in [0.25, 0.3) is 0 Å². The Balaban J connectivity index is 1.84. The average molecular weight is 346 g/mol. The van der Waals surface area contributed by atoms with Gasteiger partial charge >= 0.3 is 6.03 Å². The number of amides is 3. The van der Waals surface area contributed by atoms with Crippen molar-refractivity contribution in [3.05, 3.63) is 46.4 Å². The van der Waals surface area contributed by atoms with E-state index in [1.165, 1.54) is 11.3 Å². The van der Waals surface area contributed by atoms with Crippen LogP contribution in [0.5, 0.6) is 0 Å². The number of carbonyl (C=O) groups excluding carboxylic acids is 2. The summed E-state index contributed by atoms with van der Waals surface area (Å²) >= 11 is 1.50. The van der Waals surface area contributed by atoms with E-state index < -0.39 is 0 Å². The molecule has 128 valence electrons. The highest BCUT2D eigenvalue weighted by atomic mass is 32.1. The molecule has 0 saturated carbocycles. The summed E-state index contributed by atoms with van der Waals surface area (Å²) in [5.74, 6) is -0.0132. The van der Waals surface area contributed by atoms with Gasteiger partial charge in [-0.1, -0.05) is 12.1 Å². The molecule has 3 amide bonds. The van der Waals surface area contributed by atoms with Crippen molar-refractivity contribution in [1.29, 1.82) is 0 Å². The molecule has 2 aromatic rings. The fraction of sp³-hybridized carbons (Fsp3) is 0.353. The van der Waals surface area contributed by atoms with Crippen LogP contribution in [0.15, 0.2) is 35.8 Å². The fourth-order valence-corrected chi connectivity index (χ4v) is 2.78. The number of hydrogen-bond acceptors (Lipinski definition) is 4. The molecule has 2 rings (SSSR count). The van der Waals surface area contributed by atoms with Gasteiger partial charge in [0.2, 0.25) is 5.91 Å². The maximum absolute atomic E-state index is 12.0. The van der Waals surface area contributed by atoms with Crippen LogP contribution in [0.3, 0.4) is 0 Å². The molecule has 0 aliphatic rings. The number of urea groups is 1. The third-order valence-electron chi connectivity index (χ3n) is 3.20. The number of nitrogens with one attached hydrogen (secondary N) is 3. The summed E-state index contributed by atoms with van der Waals surface area (Å²) in [6.07, 6.45) is 2.04. The molecule has 6 nitrogen and oxygen atoms in total. The van der Waals surface area contributed by atoms with Crippen molar-refractivity contribution in [3.8, 4) is 0 Å². The highest BCUT2D eigenvalue weighted by Gasteiger charge is 2.11. The van der Waals surface area contributed by atoms with Crippen molar-refractivity contribution in [2.24, 2.45) is 0 Å². The zero-order valence-corrected chi connectivity index (χ0v) is 14.8. The predicted molar refractivity (Wildman–Crippen MR) is 96.1 cm³/mol. The number of nitrogens with zero attached hydrogens (tertiary/aromatic N) is 1. The van der Waals surface area contributed by atoms with Crippen LogP contribution in [0.4, 0.5) is 10.5 Å². The van der Waals surface area contributed by atoms with E-state index in [2.05, 4.69) is 20.9 Å². The minimum atomic E-state index is -0.289. The van der Waals surface area contributed by atoms with Gasteiger partial charge in [0.15, 0.2) is 0 Å². The second kappa shape index (κ2) is 8.44. The number of carbonyl (C=O) groups is 2.